The zero-order valence-electron chi connectivity index (χ0n) is 18.0. The Morgan fingerprint density at radius 2 is 1.91 bits per heavy atom. The van der Waals surface area contributed by atoms with Crippen molar-refractivity contribution in [2.45, 2.75) is 19.4 Å². The number of hydrogen-bond donors (Lipinski definition) is 2. The van der Waals surface area contributed by atoms with Gasteiger partial charge in [0.15, 0.2) is 5.17 Å². The first-order chi connectivity index (χ1) is 15.9. The zero-order valence-corrected chi connectivity index (χ0v) is 20.4. The van der Waals surface area contributed by atoms with E-state index in [1.54, 1.807) is 42.1 Å². The minimum atomic E-state index is -0.447. The van der Waals surface area contributed by atoms with Gasteiger partial charge in [-0.3, -0.25) is 0 Å². The van der Waals surface area contributed by atoms with Gasteiger partial charge in [0.2, 0.25) is 0 Å². The quantitative estimate of drug-likeness (QED) is 0.503. The van der Waals surface area contributed by atoms with Crippen LogP contribution in [0.2, 0.25) is 10.0 Å². The maximum absolute atomic E-state index is 12.6. The van der Waals surface area contributed by atoms with E-state index in [9.17, 15) is 9.59 Å². The molecule has 1 atom stereocenters. The molecule has 0 unspecified atom stereocenters. The van der Waals surface area contributed by atoms with E-state index in [2.05, 4.69) is 20.5 Å². The first-order valence-electron chi connectivity index (χ1n) is 10.3. The van der Waals surface area contributed by atoms with Crippen LogP contribution in [0.3, 0.4) is 0 Å². The molecule has 4 rings (SSSR count). The monoisotopic (exact) mass is 504 g/mol. The molecule has 172 valence electrons. The van der Waals surface area contributed by atoms with Crippen LogP contribution in [-0.2, 0) is 9.53 Å². The number of fused-ring (bicyclic) bond motifs is 1. The van der Waals surface area contributed by atoms with Gasteiger partial charge in [0.05, 0.1) is 40.2 Å². The van der Waals surface area contributed by atoms with E-state index in [0.29, 0.717) is 27.7 Å². The number of nitrogens with one attached hydrogen (secondary N) is 2. The number of esters is 1. The summed E-state index contributed by atoms with van der Waals surface area (Å²) >= 11 is 13.8. The molecule has 7 nitrogen and oxygen atoms in total. The SMILES string of the molecule is COC(=O)C1=C(C)N=C2SCCCN2[C@@H]1c1ccc(NC(=O)Nc2cccc(Cl)c2Cl)cc1. The van der Waals surface area contributed by atoms with E-state index in [1.165, 1.54) is 7.11 Å². The summed E-state index contributed by atoms with van der Waals surface area (Å²) in [4.78, 5) is 31.8. The Hall–Kier alpha value is -2.68. The van der Waals surface area contributed by atoms with Gasteiger partial charge in [-0.1, -0.05) is 53.2 Å². The summed E-state index contributed by atoms with van der Waals surface area (Å²) in [6.07, 6.45) is 1.000. The third-order valence-corrected chi connectivity index (χ3v) is 7.24. The van der Waals surface area contributed by atoms with Gasteiger partial charge in [0.1, 0.15) is 0 Å². The molecule has 1 saturated heterocycles. The number of ether oxygens (including phenoxy) is 1. The predicted octanol–water partition coefficient (Wildman–Crippen LogP) is 5.93. The number of nitrogens with zero attached hydrogens (tertiary/aromatic N) is 2. The number of amidine groups is 1. The fourth-order valence-electron chi connectivity index (χ4n) is 3.82. The second-order valence-corrected chi connectivity index (χ2v) is 9.33. The molecule has 0 saturated carbocycles. The summed E-state index contributed by atoms with van der Waals surface area (Å²) in [7, 11) is 1.38. The highest BCUT2D eigenvalue weighted by molar-refractivity contribution is 8.13. The lowest BCUT2D eigenvalue weighted by atomic mass is 9.94. The number of rotatable bonds is 4. The van der Waals surface area contributed by atoms with Crippen molar-refractivity contribution in [1.29, 1.82) is 0 Å². The molecule has 2 aromatic rings. The van der Waals surface area contributed by atoms with Gasteiger partial charge < -0.3 is 20.3 Å². The lowest BCUT2D eigenvalue weighted by molar-refractivity contribution is -0.136. The third-order valence-electron chi connectivity index (χ3n) is 5.35. The average Bonchev–Trinajstić information content (AvgIpc) is 2.81. The Morgan fingerprint density at radius 3 is 2.64 bits per heavy atom. The number of halogens is 2. The number of allylic oxidation sites excluding steroid dienone is 1. The number of carbonyl (C=O) groups excluding carboxylic acids is 2. The van der Waals surface area contributed by atoms with Crippen LogP contribution < -0.4 is 10.6 Å². The highest BCUT2D eigenvalue weighted by Gasteiger charge is 2.37. The van der Waals surface area contributed by atoms with E-state index >= 15 is 0 Å². The number of amides is 2. The molecule has 0 bridgehead atoms. The number of carbonyl (C=O) groups is 2. The second kappa shape index (κ2) is 10.1. The van der Waals surface area contributed by atoms with Crippen molar-refractivity contribution in [3.63, 3.8) is 0 Å². The molecular formula is C23H22Cl2N4O3S. The highest BCUT2D eigenvalue weighted by atomic mass is 35.5. The number of benzene rings is 2. The fraction of sp³-hybridized carbons (Fsp3) is 0.261. The molecule has 33 heavy (non-hydrogen) atoms. The van der Waals surface area contributed by atoms with Gasteiger partial charge in [0.25, 0.3) is 0 Å². The second-order valence-electron chi connectivity index (χ2n) is 7.49. The Labute approximate surface area is 206 Å². The Balaban J connectivity index is 1.55. The molecule has 2 amide bonds. The topological polar surface area (TPSA) is 83.0 Å². The molecule has 2 aliphatic rings. The molecule has 0 radical (unpaired) electrons. The predicted molar refractivity (Wildman–Crippen MR) is 134 cm³/mol. The third kappa shape index (κ3) is 4.98. The maximum Gasteiger partial charge on any atom is 0.338 e. The normalized spacial score (nSPS) is 17.8. The van der Waals surface area contributed by atoms with Crippen molar-refractivity contribution in [3.8, 4) is 0 Å². The van der Waals surface area contributed by atoms with E-state index in [4.69, 9.17) is 27.9 Å². The van der Waals surface area contributed by atoms with Gasteiger partial charge in [-0.25, -0.2) is 14.6 Å². The molecular weight excluding hydrogens is 483 g/mol. The summed E-state index contributed by atoms with van der Waals surface area (Å²) in [6.45, 7) is 2.63. The van der Waals surface area contributed by atoms with E-state index in [0.717, 1.165) is 29.4 Å². The molecule has 2 heterocycles. The van der Waals surface area contributed by atoms with Crippen LogP contribution in [0.4, 0.5) is 16.2 Å². The Bertz CT molecular complexity index is 1150. The van der Waals surface area contributed by atoms with Crippen LogP contribution in [0, 0.1) is 0 Å². The standard InChI is InChI=1S/C23H22Cl2N4O3S/c1-13-18(21(30)32-2)20(29-11-4-12-33-23(29)26-13)14-7-9-15(10-8-14)27-22(31)28-17-6-3-5-16(24)19(17)25/h3,5-10,20H,4,11-12H2,1-2H3,(H2,27,28,31)/t20-/m1/s1. The van der Waals surface area contributed by atoms with Crippen LogP contribution >= 0.6 is 35.0 Å². The van der Waals surface area contributed by atoms with Crippen LogP contribution in [-0.4, -0.2) is 41.5 Å². The molecule has 0 aromatic heterocycles. The van der Waals surface area contributed by atoms with Crippen molar-refractivity contribution < 1.29 is 14.3 Å². The molecule has 2 N–H and O–H groups in total. The van der Waals surface area contributed by atoms with Crippen LogP contribution in [0.15, 0.2) is 58.7 Å². The van der Waals surface area contributed by atoms with Crippen LogP contribution in [0.5, 0.6) is 0 Å². The maximum atomic E-state index is 12.6. The molecule has 2 aliphatic heterocycles. The number of anilines is 2. The number of aliphatic imine (C=N–C) groups is 1. The van der Waals surface area contributed by atoms with E-state index < -0.39 is 12.0 Å². The first kappa shape index (κ1) is 23.5. The summed E-state index contributed by atoms with van der Waals surface area (Å²) in [5.74, 6) is 0.605. The van der Waals surface area contributed by atoms with E-state index in [-0.39, 0.29) is 11.1 Å². The van der Waals surface area contributed by atoms with Crippen LogP contribution in [0.25, 0.3) is 0 Å². The van der Waals surface area contributed by atoms with Gasteiger partial charge in [0, 0.05) is 18.0 Å². The lowest BCUT2D eigenvalue weighted by Crippen LogP contribution is -2.42. The first-order valence-corrected chi connectivity index (χ1v) is 12.0. The number of methoxy groups -OCH3 is 1. The molecule has 0 aliphatic carbocycles. The number of thioether (sulfide) groups is 1. The summed E-state index contributed by atoms with van der Waals surface area (Å²) in [5.41, 5.74) is 3.10. The molecule has 10 heteroatoms. The van der Waals surface area contributed by atoms with Crippen molar-refractivity contribution in [1.82, 2.24) is 4.90 Å². The van der Waals surface area contributed by atoms with Crippen molar-refractivity contribution in [3.05, 3.63) is 69.3 Å². The van der Waals surface area contributed by atoms with Gasteiger partial charge >= 0.3 is 12.0 Å². The Kier molecular flexibility index (Phi) is 7.17. The highest BCUT2D eigenvalue weighted by Crippen LogP contribution is 2.40. The Morgan fingerprint density at radius 1 is 1.15 bits per heavy atom. The number of urea groups is 1. The van der Waals surface area contributed by atoms with E-state index in [1.807, 2.05) is 19.1 Å². The lowest BCUT2D eigenvalue weighted by Gasteiger charge is -2.40. The summed E-state index contributed by atoms with van der Waals surface area (Å²) < 4.78 is 5.06. The smallest absolute Gasteiger partial charge is 0.338 e. The number of hydrogen-bond acceptors (Lipinski definition) is 6. The van der Waals surface area contributed by atoms with Gasteiger partial charge in [-0.05, 0) is 43.2 Å². The fourth-order valence-corrected chi connectivity index (χ4v) is 5.19. The minimum absolute atomic E-state index is 0.274. The minimum Gasteiger partial charge on any atom is -0.466 e. The molecule has 2 aromatic carbocycles. The van der Waals surface area contributed by atoms with Crippen LogP contribution in [0.1, 0.15) is 24.9 Å². The summed E-state index contributed by atoms with van der Waals surface area (Å²) in [5, 5.41) is 7.01. The average molecular weight is 505 g/mol. The zero-order chi connectivity index (χ0) is 23.5. The van der Waals surface area contributed by atoms with Gasteiger partial charge in [-0.2, -0.15) is 0 Å². The van der Waals surface area contributed by atoms with Gasteiger partial charge in [-0.15, -0.1) is 0 Å². The van der Waals surface area contributed by atoms with Crippen molar-refractivity contribution >= 4 is 63.5 Å². The summed E-state index contributed by atoms with van der Waals surface area (Å²) in [6, 6.07) is 11.6. The molecule has 0 spiro atoms. The van der Waals surface area contributed by atoms with Crippen molar-refractivity contribution in [2.24, 2.45) is 4.99 Å². The molecule has 1 fully saturated rings. The van der Waals surface area contributed by atoms with Crippen molar-refractivity contribution in [2.75, 3.05) is 30.0 Å². The largest absolute Gasteiger partial charge is 0.466 e.